The van der Waals surface area contributed by atoms with Gasteiger partial charge in [-0.3, -0.25) is 4.79 Å². The molecule has 1 aliphatic heterocycles. The number of carbonyl (C=O) groups is 2. The number of ether oxygens (including phenoxy) is 3. The van der Waals surface area contributed by atoms with E-state index >= 15 is 0 Å². The van der Waals surface area contributed by atoms with Gasteiger partial charge in [0, 0.05) is 17.8 Å². The highest BCUT2D eigenvalue weighted by molar-refractivity contribution is 5.98. The molecule has 1 amide bonds. The van der Waals surface area contributed by atoms with E-state index in [1.807, 2.05) is 31.2 Å². The molecule has 6 nitrogen and oxygen atoms in total. The van der Waals surface area contributed by atoms with Gasteiger partial charge in [-0.15, -0.1) is 0 Å². The number of methoxy groups -OCH3 is 2. The summed E-state index contributed by atoms with van der Waals surface area (Å²) >= 11 is 0. The molecule has 0 aromatic heterocycles. The Bertz CT molecular complexity index is 921. The Labute approximate surface area is 170 Å². The maximum Gasteiger partial charge on any atom is 0.331 e. The molecule has 0 saturated heterocycles. The van der Waals surface area contributed by atoms with Gasteiger partial charge in [-0.25, -0.2) is 4.79 Å². The van der Waals surface area contributed by atoms with Crippen LogP contribution < -0.4 is 14.4 Å². The second-order valence-corrected chi connectivity index (χ2v) is 6.84. The molecule has 1 unspecified atom stereocenters. The van der Waals surface area contributed by atoms with E-state index in [1.165, 1.54) is 6.08 Å². The maximum atomic E-state index is 12.7. The summed E-state index contributed by atoms with van der Waals surface area (Å²) in [5.41, 5.74) is 2.79. The van der Waals surface area contributed by atoms with E-state index in [1.54, 1.807) is 43.4 Å². The molecule has 0 aliphatic carbocycles. The van der Waals surface area contributed by atoms with Crippen molar-refractivity contribution >= 4 is 23.6 Å². The number of carbonyl (C=O) groups excluding carboxylic acids is 2. The fourth-order valence-electron chi connectivity index (χ4n) is 3.44. The summed E-state index contributed by atoms with van der Waals surface area (Å²) in [5.74, 6) is 0.369. The highest BCUT2D eigenvalue weighted by atomic mass is 16.5. The van der Waals surface area contributed by atoms with Gasteiger partial charge < -0.3 is 19.1 Å². The first-order valence-electron chi connectivity index (χ1n) is 9.50. The van der Waals surface area contributed by atoms with Crippen molar-refractivity contribution in [3.05, 3.63) is 59.7 Å². The third-order valence-corrected chi connectivity index (χ3v) is 4.95. The highest BCUT2D eigenvalue weighted by Crippen LogP contribution is 2.30. The van der Waals surface area contributed by atoms with Gasteiger partial charge in [-0.2, -0.15) is 0 Å². The lowest BCUT2D eigenvalue weighted by molar-refractivity contribution is -0.143. The van der Waals surface area contributed by atoms with Crippen molar-refractivity contribution < 1.29 is 23.8 Å². The van der Waals surface area contributed by atoms with E-state index < -0.39 is 5.97 Å². The number of fused-ring (bicyclic) bond motifs is 1. The summed E-state index contributed by atoms with van der Waals surface area (Å²) in [6.07, 6.45) is 4.72. The summed E-state index contributed by atoms with van der Waals surface area (Å²) in [7, 11) is 3.11. The molecule has 2 aromatic rings. The van der Waals surface area contributed by atoms with Crippen molar-refractivity contribution in [1.82, 2.24) is 0 Å². The van der Waals surface area contributed by atoms with Crippen LogP contribution in [0.2, 0.25) is 0 Å². The molecule has 3 rings (SSSR count). The number of amides is 1. The Hall–Kier alpha value is -3.28. The van der Waals surface area contributed by atoms with Crippen molar-refractivity contribution in [3.63, 3.8) is 0 Å². The monoisotopic (exact) mass is 395 g/mol. The molecule has 0 saturated carbocycles. The Morgan fingerprint density at radius 3 is 2.62 bits per heavy atom. The van der Waals surface area contributed by atoms with E-state index in [0.29, 0.717) is 11.5 Å². The van der Waals surface area contributed by atoms with Gasteiger partial charge in [0.05, 0.1) is 14.2 Å². The first-order chi connectivity index (χ1) is 14.0. The van der Waals surface area contributed by atoms with E-state index in [2.05, 4.69) is 0 Å². The van der Waals surface area contributed by atoms with Gasteiger partial charge in [0.15, 0.2) is 18.1 Å². The number of rotatable bonds is 6. The molecular formula is C23H25NO5. The number of nitrogens with zero attached hydrogens (tertiary/aromatic N) is 1. The van der Waals surface area contributed by atoms with Crippen LogP contribution in [-0.4, -0.2) is 38.7 Å². The molecular weight excluding hydrogens is 370 g/mol. The van der Waals surface area contributed by atoms with E-state index in [0.717, 1.165) is 29.7 Å². The van der Waals surface area contributed by atoms with Crippen LogP contribution >= 0.6 is 0 Å². The average molecular weight is 395 g/mol. The molecule has 0 spiro atoms. The van der Waals surface area contributed by atoms with E-state index in [9.17, 15) is 9.59 Å². The standard InChI is InChI=1S/C23H25NO5/c1-16-8-11-18-6-4-5-7-19(18)24(16)22(25)15-29-23(26)13-10-17-9-12-20(27-2)21(14-17)28-3/h4-7,9-10,12-14,16H,8,11,15H2,1-3H3/b13-10+. The lowest BCUT2D eigenvalue weighted by Gasteiger charge is -2.35. The average Bonchev–Trinajstić information content (AvgIpc) is 2.75. The minimum Gasteiger partial charge on any atom is -0.493 e. The van der Waals surface area contributed by atoms with Gasteiger partial charge in [-0.05, 0) is 55.2 Å². The Balaban J connectivity index is 1.61. The van der Waals surface area contributed by atoms with Crippen molar-refractivity contribution in [2.75, 3.05) is 25.7 Å². The Morgan fingerprint density at radius 2 is 1.86 bits per heavy atom. The molecule has 0 fully saturated rings. The number of esters is 1. The second kappa shape index (κ2) is 9.28. The third kappa shape index (κ3) is 4.77. The van der Waals surface area contributed by atoms with Crippen molar-refractivity contribution in [2.45, 2.75) is 25.8 Å². The number of hydrogen-bond donors (Lipinski definition) is 0. The topological polar surface area (TPSA) is 65.1 Å². The molecule has 29 heavy (non-hydrogen) atoms. The number of benzene rings is 2. The molecule has 1 heterocycles. The van der Waals surface area contributed by atoms with E-state index in [-0.39, 0.29) is 18.6 Å². The summed E-state index contributed by atoms with van der Waals surface area (Å²) in [5, 5.41) is 0. The minimum absolute atomic E-state index is 0.0680. The highest BCUT2D eigenvalue weighted by Gasteiger charge is 2.28. The van der Waals surface area contributed by atoms with Crippen LogP contribution in [0.25, 0.3) is 6.08 Å². The molecule has 152 valence electrons. The summed E-state index contributed by atoms with van der Waals surface area (Å²) in [6.45, 7) is 1.71. The summed E-state index contributed by atoms with van der Waals surface area (Å²) < 4.78 is 15.6. The number of hydrogen-bond acceptors (Lipinski definition) is 5. The molecule has 2 aromatic carbocycles. The van der Waals surface area contributed by atoms with Crippen LogP contribution in [0.1, 0.15) is 24.5 Å². The zero-order valence-corrected chi connectivity index (χ0v) is 16.9. The Morgan fingerprint density at radius 1 is 1.10 bits per heavy atom. The molecule has 1 atom stereocenters. The maximum absolute atomic E-state index is 12.7. The first-order valence-corrected chi connectivity index (χ1v) is 9.50. The predicted octanol–water partition coefficient (Wildman–Crippen LogP) is 3.63. The first kappa shape index (κ1) is 20.5. The lowest BCUT2D eigenvalue weighted by atomic mass is 9.96. The Kier molecular flexibility index (Phi) is 6.54. The van der Waals surface area contributed by atoms with Gasteiger partial charge in [0.2, 0.25) is 0 Å². The van der Waals surface area contributed by atoms with Gasteiger partial charge in [0.1, 0.15) is 0 Å². The largest absolute Gasteiger partial charge is 0.493 e. The molecule has 0 radical (unpaired) electrons. The molecule has 0 bridgehead atoms. The summed E-state index contributed by atoms with van der Waals surface area (Å²) in [4.78, 5) is 26.5. The van der Waals surface area contributed by atoms with Crippen molar-refractivity contribution in [3.8, 4) is 11.5 Å². The number of anilines is 1. The zero-order valence-electron chi connectivity index (χ0n) is 16.9. The quantitative estimate of drug-likeness (QED) is 0.552. The zero-order chi connectivity index (χ0) is 20.8. The second-order valence-electron chi connectivity index (χ2n) is 6.84. The smallest absolute Gasteiger partial charge is 0.331 e. The van der Waals surface area contributed by atoms with E-state index in [4.69, 9.17) is 14.2 Å². The van der Waals surface area contributed by atoms with Gasteiger partial charge >= 0.3 is 5.97 Å². The normalized spacial score (nSPS) is 15.7. The SMILES string of the molecule is COc1ccc(/C=C/C(=O)OCC(=O)N2c3ccccc3CCC2C)cc1OC. The van der Waals surface area contributed by atoms with Crippen molar-refractivity contribution in [1.29, 1.82) is 0 Å². The number of aryl methyl sites for hydroxylation is 1. The van der Waals surface area contributed by atoms with Crippen LogP contribution in [0.4, 0.5) is 5.69 Å². The van der Waals surface area contributed by atoms with Crippen LogP contribution in [0, 0.1) is 0 Å². The third-order valence-electron chi connectivity index (χ3n) is 4.95. The molecule has 1 aliphatic rings. The van der Waals surface area contributed by atoms with Crippen molar-refractivity contribution in [2.24, 2.45) is 0 Å². The van der Waals surface area contributed by atoms with Crippen LogP contribution in [-0.2, 0) is 20.7 Å². The van der Waals surface area contributed by atoms with Crippen LogP contribution in [0.15, 0.2) is 48.5 Å². The van der Waals surface area contributed by atoms with Gasteiger partial charge in [0.25, 0.3) is 5.91 Å². The fraction of sp³-hybridized carbons (Fsp3) is 0.304. The summed E-state index contributed by atoms with van der Waals surface area (Å²) in [6, 6.07) is 13.2. The number of para-hydroxylation sites is 1. The lowest BCUT2D eigenvalue weighted by Crippen LogP contribution is -2.44. The van der Waals surface area contributed by atoms with Crippen LogP contribution in [0.5, 0.6) is 11.5 Å². The van der Waals surface area contributed by atoms with Gasteiger partial charge in [-0.1, -0.05) is 24.3 Å². The predicted molar refractivity (Wildman–Crippen MR) is 111 cm³/mol. The molecule has 6 heteroatoms. The fourth-order valence-corrected chi connectivity index (χ4v) is 3.44. The minimum atomic E-state index is -0.578. The molecule has 0 N–H and O–H groups in total. The van der Waals surface area contributed by atoms with Crippen LogP contribution in [0.3, 0.4) is 0 Å².